The molecule has 0 unspecified atom stereocenters. The van der Waals surface area contributed by atoms with Crippen molar-refractivity contribution >= 4 is 11.9 Å². The second kappa shape index (κ2) is 7.25. The Labute approximate surface area is 186 Å². The maximum absolute atomic E-state index is 14.0. The summed E-state index contributed by atoms with van der Waals surface area (Å²) in [5, 5.41) is 6.62. The molecule has 3 aliphatic carbocycles. The molecule has 4 bridgehead atoms. The molecule has 168 valence electrons. The van der Waals surface area contributed by atoms with Gasteiger partial charge in [0, 0.05) is 18.0 Å². The van der Waals surface area contributed by atoms with E-state index in [1.807, 2.05) is 30.0 Å². The summed E-state index contributed by atoms with van der Waals surface area (Å²) in [7, 11) is 0. The summed E-state index contributed by atoms with van der Waals surface area (Å²) < 4.78 is 0. The van der Waals surface area contributed by atoms with Crippen LogP contribution in [0.15, 0.2) is 30.3 Å². The number of urea groups is 1. The van der Waals surface area contributed by atoms with E-state index in [-0.39, 0.29) is 34.9 Å². The van der Waals surface area contributed by atoms with Crippen LogP contribution in [0.5, 0.6) is 0 Å². The predicted octanol–water partition coefficient (Wildman–Crippen LogP) is 4.79. The Bertz CT molecular complexity index is 867. The summed E-state index contributed by atoms with van der Waals surface area (Å²) in [5.74, 6) is 0.560. The Kier molecular flexibility index (Phi) is 4.87. The standard InChI is InChI=1S/C26H37N3O2/c1-18(19-10-6-4-7-11-19)27-22(30)26-16-20-14-15-25(26,3)24(20,2)17-29(26)23(31)28-21-12-8-5-9-13-21/h4,6-7,10-11,18,20-21H,5,8-9,12-17H2,1-3H3,(H,27,30)(H,28,31)/t18-,20+,24-,25-,26-/m0/s1. The van der Waals surface area contributed by atoms with Crippen LogP contribution in [0.2, 0.25) is 0 Å². The Morgan fingerprint density at radius 2 is 1.77 bits per heavy atom. The number of rotatable bonds is 4. The van der Waals surface area contributed by atoms with Crippen LogP contribution in [0.4, 0.5) is 4.79 Å². The summed E-state index contributed by atoms with van der Waals surface area (Å²) in [6.07, 6.45) is 8.74. The Balaban J connectivity index is 1.43. The molecule has 5 rings (SSSR count). The van der Waals surface area contributed by atoms with Crippen LogP contribution in [0.3, 0.4) is 0 Å². The van der Waals surface area contributed by atoms with Crippen LogP contribution in [-0.4, -0.2) is 35.0 Å². The highest BCUT2D eigenvalue weighted by molar-refractivity contribution is 5.94. The largest absolute Gasteiger partial charge is 0.348 e. The zero-order valence-electron chi connectivity index (χ0n) is 19.2. The van der Waals surface area contributed by atoms with Gasteiger partial charge >= 0.3 is 6.03 Å². The quantitative estimate of drug-likeness (QED) is 0.732. The van der Waals surface area contributed by atoms with Crippen LogP contribution in [-0.2, 0) is 4.79 Å². The fourth-order valence-corrected chi connectivity index (χ4v) is 7.63. The third-order valence-electron chi connectivity index (χ3n) is 9.76. The van der Waals surface area contributed by atoms with Gasteiger partial charge < -0.3 is 15.5 Å². The molecule has 5 atom stereocenters. The van der Waals surface area contributed by atoms with Crippen LogP contribution in [0.25, 0.3) is 0 Å². The van der Waals surface area contributed by atoms with Crippen LogP contribution >= 0.6 is 0 Å². The first-order chi connectivity index (χ1) is 14.8. The van der Waals surface area contributed by atoms with Gasteiger partial charge in [-0.05, 0) is 55.9 Å². The van der Waals surface area contributed by atoms with Gasteiger partial charge in [-0.3, -0.25) is 4.79 Å². The van der Waals surface area contributed by atoms with Crippen molar-refractivity contribution in [1.82, 2.24) is 15.5 Å². The van der Waals surface area contributed by atoms with E-state index in [9.17, 15) is 9.59 Å². The Morgan fingerprint density at radius 3 is 2.45 bits per heavy atom. The summed E-state index contributed by atoms with van der Waals surface area (Å²) >= 11 is 0. The van der Waals surface area contributed by atoms with Crippen molar-refractivity contribution in [3.05, 3.63) is 35.9 Å². The molecule has 5 heteroatoms. The molecule has 4 aliphatic rings. The normalized spacial score (nSPS) is 37.6. The van der Waals surface area contributed by atoms with Gasteiger partial charge in [-0.15, -0.1) is 0 Å². The fraction of sp³-hybridized carbons (Fsp3) is 0.692. The van der Waals surface area contributed by atoms with Gasteiger partial charge in [-0.1, -0.05) is 63.4 Å². The predicted molar refractivity (Wildman–Crippen MR) is 121 cm³/mol. The van der Waals surface area contributed by atoms with E-state index in [0.717, 1.165) is 31.2 Å². The number of amides is 3. The van der Waals surface area contributed by atoms with Crippen molar-refractivity contribution in [2.45, 2.75) is 89.8 Å². The summed E-state index contributed by atoms with van der Waals surface area (Å²) in [5.41, 5.74) is 0.200. The lowest BCUT2D eigenvalue weighted by Crippen LogP contribution is -2.66. The third-order valence-corrected chi connectivity index (χ3v) is 9.76. The molecule has 1 aromatic carbocycles. The van der Waals surface area contributed by atoms with Crippen LogP contribution < -0.4 is 10.6 Å². The van der Waals surface area contributed by atoms with E-state index in [2.05, 4.69) is 36.6 Å². The number of nitrogens with one attached hydrogen (secondary N) is 2. The van der Waals surface area contributed by atoms with Crippen molar-refractivity contribution in [3.8, 4) is 0 Å². The lowest BCUT2D eigenvalue weighted by atomic mass is 9.65. The number of benzene rings is 1. The topological polar surface area (TPSA) is 61.4 Å². The first-order valence-electron chi connectivity index (χ1n) is 12.3. The molecule has 31 heavy (non-hydrogen) atoms. The molecule has 1 aromatic rings. The number of hydrogen-bond acceptors (Lipinski definition) is 2. The van der Waals surface area contributed by atoms with Crippen molar-refractivity contribution in [3.63, 3.8) is 0 Å². The van der Waals surface area contributed by atoms with Crippen molar-refractivity contribution in [1.29, 1.82) is 0 Å². The van der Waals surface area contributed by atoms with Crippen LogP contribution in [0.1, 0.15) is 83.7 Å². The van der Waals surface area contributed by atoms with Crippen molar-refractivity contribution in [2.75, 3.05) is 6.54 Å². The maximum Gasteiger partial charge on any atom is 0.318 e. The van der Waals surface area contributed by atoms with Gasteiger partial charge in [0.1, 0.15) is 5.54 Å². The Hall–Kier alpha value is -2.04. The van der Waals surface area contributed by atoms with Gasteiger partial charge in [0.25, 0.3) is 0 Å². The molecule has 0 spiro atoms. The number of likely N-dealkylation sites (tertiary alicyclic amines) is 1. The van der Waals surface area contributed by atoms with Crippen molar-refractivity contribution < 1.29 is 9.59 Å². The highest BCUT2D eigenvalue weighted by atomic mass is 16.2. The lowest BCUT2D eigenvalue weighted by molar-refractivity contribution is -0.137. The van der Waals surface area contributed by atoms with E-state index in [1.54, 1.807) is 0 Å². The summed E-state index contributed by atoms with van der Waals surface area (Å²) in [6, 6.07) is 10.3. The SMILES string of the molecule is C[C@H](NC(=O)[C@@]12C[C@H]3CC[C@@]1(C)[C@@]3(C)CN2C(=O)NC1CCCCC1)c1ccccc1. The minimum absolute atomic E-state index is 0.0181. The highest BCUT2D eigenvalue weighted by Gasteiger charge is 2.80. The minimum atomic E-state index is -0.744. The zero-order chi connectivity index (χ0) is 21.9. The van der Waals surface area contributed by atoms with E-state index in [1.165, 1.54) is 25.7 Å². The average Bonchev–Trinajstić information content (AvgIpc) is 3.23. The highest BCUT2D eigenvalue weighted by Crippen LogP contribution is 2.75. The first-order valence-corrected chi connectivity index (χ1v) is 12.3. The molecule has 1 aliphatic heterocycles. The monoisotopic (exact) mass is 423 g/mol. The van der Waals surface area contributed by atoms with E-state index in [4.69, 9.17) is 0 Å². The number of hydrogen-bond donors (Lipinski definition) is 2. The van der Waals surface area contributed by atoms with Gasteiger partial charge in [0.2, 0.25) is 5.91 Å². The molecule has 4 fully saturated rings. The number of carbonyl (C=O) groups is 2. The maximum atomic E-state index is 14.0. The average molecular weight is 424 g/mol. The summed E-state index contributed by atoms with van der Waals surface area (Å²) in [4.78, 5) is 29.5. The van der Waals surface area contributed by atoms with Gasteiger partial charge in [0.15, 0.2) is 0 Å². The Morgan fingerprint density at radius 1 is 1.06 bits per heavy atom. The van der Waals surface area contributed by atoms with E-state index in [0.29, 0.717) is 12.5 Å². The number of nitrogens with zero attached hydrogens (tertiary/aromatic N) is 1. The zero-order valence-corrected chi connectivity index (χ0v) is 19.2. The first kappa shape index (κ1) is 20.8. The molecule has 1 saturated heterocycles. The molecule has 0 radical (unpaired) electrons. The van der Waals surface area contributed by atoms with Gasteiger partial charge in [-0.2, -0.15) is 0 Å². The number of carbonyl (C=O) groups excluding carboxylic acids is 2. The van der Waals surface area contributed by atoms with Crippen LogP contribution in [0, 0.1) is 16.7 Å². The lowest BCUT2D eigenvalue weighted by Gasteiger charge is -2.47. The molecule has 3 amide bonds. The molecule has 0 aromatic heterocycles. The second-order valence-corrected chi connectivity index (χ2v) is 11.0. The molecular weight excluding hydrogens is 386 g/mol. The number of piperidine rings is 1. The molecule has 3 saturated carbocycles. The molecule has 2 N–H and O–H groups in total. The molecule has 1 heterocycles. The van der Waals surface area contributed by atoms with E-state index < -0.39 is 5.54 Å². The van der Waals surface area contributed by atoms with Crippen molar-refractivity contribution in [2.24, 2.45) is 16.7 Å². The van der Waals surface area contributed by atoms with E-state index >= 15 is 0 Å². The summed E-state index contributed by atoms with van der Waals surface area (Å²) in [6.45, 7) is 7.34. The molecule has 5 nitrogen and oxygen atoms in total. The smallest absolute Gasteiger partial charge is 0.318 e. The minimum Gasteiger partial charge on any atom is -0.348 e. The fourth-order valence-electron chi connectivity index (χ4n) is 7.63. The van der Waals surface area contributed by atoms with Gasteiger partial charge in [0.05, 0.1) is 6.04 Å². The van der Waals surface area contributed by atoms with Gasteiger partial charge in [-0.25, -0.2) is 4.79 Å². The third kappa shape index (κ3) is 2.81. The molecular formula is C26H37N3O2. The second-order valence-electron chi connectivity index (χ2n) is 11.0.